The van der Waals surface area contributed by atoms with Crippen molar-refractivity contribution in [2.24, 2.45) is 0 Å². The summed E-state index contributed by atoms with van der Waals surface area (Å²) in [7, 11) is 1.52. The molecule has 106 valence electrons. The third-order valence-electron chi connectivity index (χ3n) is 3.22. The molecule has 2 aromatic carbocycles. The molecule has 2 aromatic rings. The fourth-order valence-electron chi connectivity index (χ4n) is 2.14. The molecule has 0 radical (unpaired) electrons. The number of benzene rings is 2. The molecule has 0 aromatic heterocycles. The van der Waals surface area contributed by atoms with Crippen LogP contribution in [0.5, 0.6) is 23.0 Å². The molecule has 0 amide bonds. The molecule has 4 nitrogen and oxygen atoms in total. The molecule has 4 heteroatoms. The quantitative estimate of drug-likeness (QED) is 0.784. The second-order valence-corrected chi connectivity index (χ2v) is 4.67. The van der Waals surface area contributed by atoms with E-state index in [1.54, 1.807) is 24.3 Å². The standard InChI is InChI=1S/C16H18O4/c1-20-16-8-5-11(9-15(16)19)3-2-4-12-6-7-13(17)10-14(12)18/h5-10,17-19H,2-4H2,1H3. The zero-order valence-corrected chi connectivity index (χ0v) is 11.3. The molecular formula is C16H18O4. The summed E-state index contributed by atoms with van der Waals surface area (Å²) in [5.41, 5.74) is 1.82. The summed E-state index contributed by atoms with van der Waals surface area (Å²) in [6, 6.07) is 9.96. The van der Waals surface area contributed by atoms with E-state index in [0.717, 1.165) is 24.0 Å². The Morgan fingerprint density at radius 2 is 1.70 bits per heavy atom. The van der Waals surface area contributed by atoms with Crippen molar-refractivity contribution in [3.63, 3.8) is 0 Å². The lowest BCUT2D eigenvalue weighted by molar-refractivity contribution is 0.373. The van der Waals surface area contributed by atoms with Crippen LogP contribution >= 0.6 is 0 Å². The van der Waals surface area contributed by atoms with Crippen molar-refractivity contribution in [2.75, 3.05) is 7.11 Å². The maximum Gasteiger partial charge on any atom is 0.160 e. The fraction of sp³-hybridized carbons (Fsp3) is 0.250. The first-order valence-electron chi connectivity index (χ1n) is 6.47. The lowest BCUT2D eigenvalue weighted by atomic mass is 10.0. The normalized spacial score (nSPS) is 10.4. The van der Waals surface area contributed by atoms with Crippen molar-refractivity contribution < 1.29 is 20.1 Å². The lowest BCUT2D eigenvalue weighted by Gasteiger charge is -2.07. The summed E-state index contributed by atoms with van der Waals surface area (Å²) in [4.78, 5) is 0. The molecule has 0 saturated heterocycles. The predicted octanol–water partition coefficient (Wildman–Crippen LogP) is 2.99. The summed E-state index contributed by atoms with van der Waals surface area (Å²) in [6.07, 6.45) is 2.33. The van der Waals surface area contributed by atoms with Crippen LogP contribution < -0.4 is 4.74 Å². The second-order valence-electron chi connectivity index (χ2n) is 4.67. The van der Waals surface area contributed by atoms with Crippen molar-refractivity contribution >= 4 is 0 Å². The van der Waals surface area contributed by atoms with Gasteiger partial charge in [0.1, 0.15) is 11.5 Å². The van der Waals surface area contributed by atoms with E-state index in [0.29, 0.717) is 12.2 Å². The monoisotopic (exact) mass is 274 g/mol. The Morgan fingerprint density at radius 1 is 0.900 bits per heavy atom. The molecule has 0 spiro atoms. The number of aryl methyl sites for hydroxylation is 2. The van der Waals surface area contributed by atoms with Crippen molar-refractivity contribution in [3.05, 3.63) is 47.5 Å². The molecule has 0 aliphatic heterocycles. The van der Waals surface area contributed by atoms with E-state index >= 15 is 0 Å². The van der Waals surface area contributed by atoms with Gasteiger partial charge in [-0.25, -0.2) is 0 Å². The Labute approximate surface area is 117 Å². The molecule has 0 unspecified atom stereocenters. The van der Waals surface area contributed by atoms with Crippen LogP contribution in [0.3, 0.4) is 0 Å². The van der Waals surface area contributed by atoms with Crippen molar-refractivity contribution in [3.8, 4) is 23.0 Å². The smallest absolute Gasteiger partial charge is 0.160 e. The molecule has 0 heterocycles. The topological polar surface area (TPSA) is 69.9 Å². The average Bonchev–Trinajstić information content (AvgIpc) is 2.41. The molecule has 0 bridgehead atoms. The van der Waals surface area contributed by atoms with Gasteiger partial charge in [0.05, 0.1) is 7.11 Å². The summed E-state index contributed by atoms with van der Waals surface area (Å²) < 4.78 is 4.99. The highest BCUT2D eigenvalue weighted by molar-refractivity contribution is 5.42. The highest BCUT2D eigenvalue weighted by Crippen LogP contribution is 2.28. The van der Waals surface area contributed by atoms with E-state index in [1.165, 1.54) is 13.2 Å². The van der Waals surface area contributed by atoms with E-state index in [2.05, 4.69) is 0 Å². The number of phenols is 3. The van der Waals surface area contributed by atoms with Crippen LogP contribution in [0.2, 0.25) is 0 Å². The van der Waals surface area contributed by atoms with Crippen LogP contribution in [0.1, 0.15) is 17.5 Å². The molecule has 0 aliphatic rings. The number of ether oxygens (including phenoxy) is 1. The highest BCUT2D eigenvalue weighted by atomic mass is 16.5. The number of phenolic OH excluding ortho intramolecular Hbond substituents is 3. The molecule has 3 N–H and O–H groups in total. The summed E-state index contributed by atoms with van der Waals surface area (Å²) >= 11 is 0. The van der Waals surface area contributed by atoms with Crippen LogP contribution in [0, 0.1) is 0 Å². The van der Waals surface area contributed by atoms with Gasteiger partial charge in [0.2, 0.25) is 0 Å². The number of aromatic hydroxyl groups is 3. The third-order valence-corrected chi connectivity index (χ3v) is 3.22. The maximum atomic E-state index is 9.69. The Kier molecular flexibility index (Phi) is 4.35. The first-order valence-corrected chi connectivity index (χ1v) is 6.47. The van der Waals surface area contributed by atoms with Gasteiger partial charge in [-0.1, -0.05) is 12.1 Å². The largest absolute Gasteiger partial charge is 0.508 e. The average molecular weight is 274 g/mol. The van der Waals surface area contributed by atoms with Gasteiger partial charge in [-0.3, -0.25) is 0 Å². The molecule has 0 aliphatic carbocycles. The van der Waals surface area contributed by atoms with Gasteiger partial charge < -0.3 is 20.1 Å². The zero-order chi connectivity index (χ0) is 14.5. The van der Waals surface area contributed by atoms with Gasteiger partial charge in [0.25, 0.3) is 0 Å². The maximum absolute atomic E-state index is 9.69. The van der Waals surface area contributed by atoms with Gasteiger partial charge in [-0.05, 0) is 48.6 Å². The SMILES string of the molecule is COc1ccc(CCCc2ccc(O)cc2O)cc1O. The molecule has 0 fully saturated rings. The van der Waals surface area contributed by atoms with Gasteiger partial charge >= 0.3 is 0 Å². The van der Waals surface area contributed by atoms with E-state index in [9.17, 15) is 15.3 Å². The van der Waals surface area contributed by atoms with E-state index in [1.807, 2.05) is 6.07 Å². The highest BCUT2D eigenvalue weighted by Gasteiger charge is 2.05. The van der Waals surface area contributed by atoms with Crippen LogP contribution in [-0.2, 0) is 12.8 Å². The Hall–Kier alpha value is -2.36. The van der Waals surface area contributed by atoms with E-state index < -0.39 is 0 Å². The lowest BCUT2D eigenvalue weighted by Crippen LogP contribution is -1.92. The minimum atomic E-state index is 0.0614. The van der Waals surface area contributed by atoms with Gasteiger partial charge in [0, 0.05) is 6.07 Å². The minimum absolute atomic E-state index is 0.0614. The summed E-state index contributed by atoms with van der Waals surface area (Å²) in [5, 5.41) is 28.6. The first kappa shape index (κ1) is 14.1. The number of hydrogen-bond donors (Lipinski definition) is 3. The minimum Gasteiger partial charge on any atom is -0.508 e. The first-order chi connectivity index (χ1) is 9.60. The number of methoxy groups -OCH3 is 1. The van der Waals surface area contributed by atoms with E-state index in [4.69, 9.17) is 4.74 Å². The van der Waals surface area contributed by atoms with Crippen LogP contribution in [-0.4, -0.2) is 22.4 Å². The Morgan fingerprint density at radius 3 is 2.35 bits per heavy atom. The molecule has 0 atom stereocenters. The second kappa shape index (κ2) is 6.19. The molecule has 0 saturated carbocycles. The van der Waals surface area contributed by atoms with Gasteiger partial charge in [-0.2, -0.15) is 0 Å². The van der Waals surface area contributed by atoms with Crippen molar-refractivity contribution in [2.45, 2.75) is 19.3 Å². The van der Waals surface area contributed by atoms with Crippen LogP contribution in [0.15, 0.2) is 36.4 Å². The van der Waals surface area contributed by atoms with E-state index in [-0.39, 0.29) is 17.2 Å². The summed E-state index contributed by atoms with van der Waals surface area (Å²) in [5.74, 6) is 0.774. The third kappa shape index (κ3) is 3.35. The van der Waals surface area contributed by atoms with Gasteiger partial charge in [0.15, 0.2) is 11.5 Å². The van der Waals surface area contributed by atoms with Gasteiger partial charge in [-0.15, -0.1) is 0 Å². The van der Waals surface area contributed by atoms with Crippen molar-refractivity contribution in [1.82, 2.24) is 0 Å². The Bertz CT molecular complexity index is 593. The summed E-state index contributed by atoms with van der Waals surface area (Å²) in [6.45, 7) is 0. The number of hydrogen-bond acceptors (Lipinski definition) is 4. The van der Waals surface area contributed by atoms with Crippen molar-refractivity contribution in [1.29, 1.82) is 0 Å². The van der Waals surface area contributed by atoms with Crippen LogP contribution in [0.4, 0.5) is 0 Å². The molecule has 20 heavy (non-hydrogen) atoms. The molecular weight excluding hydrogens is 256 g/mol. The predicted molar refractivity (Wildman–Crippen MR) is 76.5 cm³/mol. The fourth-order valence-corrected chi connectivity index (χ4v) is 2.14. The Balaban J connectivity index is 1.94. The molecule has 2 rings (SSSR count). The zero-order valence-electron chi connectivity index (χ0n) is 11.3. The van der Waals surface area contributed by atoms with Crippen LogP contribution in [0.25, 0.3) is 0 Å². The number of rotatable bonds is 5.